The molecule has 2 heterocycles. The second-order valence-corrected chi connectivity index (χ2v) is 5.04. The van der Waals surface area contributed by atoms with Gasteiger partial charge in [-0.15, -0.1) is 0 Å². The summed E-state index contributed by atoms with van der Waals surface area (Å²) in [5, 5.41) is 7.01. The summed E-state index contributed by atoms with van der Waals surface area (Å²) in [5.74, 6) is 0.981. The van der Waals surface area contributed by atoms with E-state index in [1.807, 2.05) is 6.92 Å². The van der Waals surface area contributed by atoms with Crippen molar-refractivity contribution in [2.24, 2.45) is 0 Å². The Morgan fingerprint density at radius 3 is 2.62 bits per heavy atom. The summed E-state index contributed by atoms with van der Waals surface area (Å²) < 4.78 is 2.85. The predicted octanol–water partition coefficient (Wildman–Crippen LogP) is 2.30. The van der Waals surface area contributed by atoms with Gasteiger partial charge in [0.1, 0.15) is 5.82 Å². The Hall–Kier alpha value is -0.680. The molecule has 1 aromatic heterocycles. The summed E-state index contributed by atoms with van der Waals surface area (Å²) in [6.07, 6.45) is 4.06. The van der Waals surface area contributed by atoms with Crippen molar-refractivity contribution >= 4 is 12.2 Å². The fourth-order valence-electron chi connectivity index (χ4n) is 2.50. The fourth-order valence-corrected chi connectivity index (χ4v) is 2.86. The maximum Gasteiger partial charge on any atom is 0.195 e. The van der Waals surface area contributed by atoms with Crippen molar-refractivity contribution in [2.45, 2.75) is 39.2 Å². The molecular weight excluding hydrogens is 220 g/mol. The van der Waals surface area contributed by atoms with Crippen molar-refractivity contribution in [2.75, 3.05) is 19.6 Å². The van der Waals surface area contributed by atoms with E-state index in [0.717, 1.165) is 17.1 Å². The van der Waals surface area contributed by atoms with Crippen molar-refractivity contribution in [3.05, 3.63) is 10.6 Å². The van der Waals surface area contributed by atoms with Gasteiger partial charge in [0.05, 0.1) is 0 Å². The van der Waals surface area contributed by atoms with Gasteiger partial charge in [-0.1, -0.05) is 6.42 Å². The Bertz CT molecular complexity index is 389. The summed E-state index contributed by atoms with van der Waals surface area (Å²) in [6.45, 7) is 7.75. The van der Waals surface area contributed by atoms with Crippen LogP contribution in [0.3, 0.4) is 0 Å². The number of nitrogens with one attached hydrogen (secondary N) is 1. The molecule has 1 saturated heterocycles. The molecule has 0 radical (unpaired) electrons. The van der Waals surface area contributed by atoms with Gasteiger partial charge in [0.25, 0.3) is 0 Å². The summed E-state index contributed by atoms with van der Waals surface area (Å²) in [4.78, 5) is 2.53. The highest BCUT2D eigenvalue weighted by atomic mass is 32.1. The summed E-state index contributed by atoms with van der Waals surface area (Å²) in [6, 6.07) is 0.407. The minimum absolute atomic E-state index is 0.407. The Balaban J connectivity index is 2.02. The van der Waals surface area contributed by atoms with E-state index in [0.29, 0.717) is 6.04 Å². The molecule has 0 amide bonds. The van der Waals surface area contributed by atoms with Crippen LogP contribution in [0.15, 0.2) is 0 Å². The first kappa shape index (κ1) is 11.8. The molecule has 0 aliphatic carbocycles. The Labute approximate surface area is 102 Å². The van der Waals surface area contributed by atoms with Crippen LogP contribution in [0.5, 0.6) is 0 Å². The normalized spacial score (nSPS) is 19.9. The maximum absolute atomic E-state index is 5.24. The first-order valence-corrected chi connectivity index (χ1v) is 6.45. The van der Waals surface area contributed by atoms with Crippen LogP contribution in [-0.4, -0.2) is 39.3 Å². The summed E-state index contributed by atoms with van der Waals surface area (Å²) in [5.41, 5.74) is 0. The summed E-state index contributed by atoms with van der Waals surface area (Å²) in [7, 11) is 0. The highest BCUT2D eigenvalue weighted by molar-refractivity contribution is 7.71. The van der Waals surface area contributed by atoms with Crippen LogP contribution in [0.4, 0.5) is 0 Å². The molecule has 1 aromatic rings. The second-order valence-electron chi connectivity index (χ2n) is 4.66. The molecule has 0 saturated carbocycles. The average Bonchev–Trinajstić information content (AvgIpc) is 2.60. The highest BCUT2D eigenvalue weighted by Crippen LogP contribution is 2.15. The van der Waals surface area contributed by atoms with E-state index in [9.17, 15) is 0 Å². The SMILES string of the molecule is Cc1n[nH]c(=S)n1C(C)CN1CCCCC1. The van der Waals surface area contributed by atoms with E-state index in [1.165, 1.54) is 32.4 Å². The lowest BCUT2D eigenvalue weighted by Crippen LogP contribution is -2.34. The third kappa shape index (κ3) is 2.52. The number of rotatable bonds is 3. The second kappa shape index (κ2) is 5.10. The Morgan fingerprint density at radius 2 is 2.06 bits per heavy atom. The molecule has 1 atom stereocenters. The van der Waals surface area contributed by atoms with Crippen molar-refractivity contribution < 1.29 is 0 Å². The van der Waals surface area contributed by atoms with Gasteiger partial charge < -0.3 is 9.47 Å². The monoisotopic (exact) mass is 240 g/mol. The van der Waals surface area contributed by atoms with Gasteiger partial charge in [-0.3, -0.25) is 5.10 Å². The van der Waals surface area contributed by atoms with Gasteiger partial charge in [-0.05, 0) is 52.0 Å². The molecule has 1 aliphatic heterocycles. The zero-order valence-corrected chi connectivity index (χ0v) is 10.9. The minimum atomic E-state index is 0.407. The molecule has 5 heteroatoms. The zero-order chi connectivity index (χ0) is 11.5. The van der Waals surface area contributed by atoms with Crippen molar-refractivity contribution in [3.63, 3.8) is 0 Å². The number of nitrogens with zero attached hydrogens (tertiary/aromatic N) is 3. The van der Waals surface area contributed by atoms with E-state index in [4.69, 9.17) is 12.2 Å². The van der Waals surface area contributed by atoms with Crippen LogP contribution in [-0.2, 0) is 0 Å². The lowest BCUT2D eigenvalue weighted by atomic mass is 10.1. The molecule has 16 heavy (non-hydrogen) atoms. The minimum Gasteiger partial charge on any atom is -0.301 e. The molecule has 0 spiro atoms. The van der Waals surface area contributed by atoms with E-state index in [-0.39, 0.29) is 0 Å². The number of hydrogen-bond acceptors (Lipinski definition) is 3. The fraction of sp³-hybridized carbons (Fsp3) is 0.818. The number of hydrogen-bond donors (Lipinski definition) is 1. The predicted molar refractivity (Wildman–Crippen MR) is 67.2 cm³/mol. The third-order valence-electron chi connectivity index (χ3n) is 3.29. The molecule has 1 unspecified atom stereocenters. The Kier molecular flexibility index (Phi) is 3.76. The van der Waals surface area contributed by atoms with Crippen LogP contribution in [0.1, 0.15) is 38.1 Å². The molecule has 4 nitrogen and oxygen atoms in total. The van der Waals surface area contributed by atoms with Gasteiger partial charge in [0.2, 0.25) is 0 Å². The molecule has 90 valence electrons. The quantitative estimate of drug-likeness (QED) is 0.824. The first-order chi connectivity index (χ1) is 7.68. The molecule has 0 aromatic carbocycles. The van der Waals surface area contributed by atoms with Crippen LogP contribution >= 0.6 is 12.2 Å². The average molecular weight is 240 g/mol. The number of aromatic nitrogens is 3. The van der Waals surface area contributed by atoms with Gasteiger partial charge in [-0.2, -0.15) is 5.10 Å². The van der Waals surface area contributed by atoms with Crippen LogP contribution in [0, 0.1) is 11.7 Å². The van der Waals surface area contributed by atoms with Crippen LogP contribution in [0.25, 0.3) is 0 Å². The van der Waals surface area contributed by atoms with Crippen LogP contribution < -0.4 is 0 Å². The van der Waals surface area contributed by atoms with E-state index in [2.05, 4.69) is 26.6 Å². The zero-order valence-electron chi connectivity index (χ0n) is 10.1. The number of piperidine rings is 1. The highest BCUT2D eigenvalue weighted by Gasteiger charge is 2.16. The molecular formula is C11H20N4S. The number of likely N-dealkylation sites (tertiary alicyclic amines) is 1. The largest absolute Gasteiger partial charge is 0.301 e. The smallest absolute Gasteiger partial charge is 0.195 e. The standard InChI is InChI=1S/C11H20N4S/c1-9(8-14-6-4-3-5-7-14)15-10(2)12-13-11(15)16/h9H,3-8H2,1-2H3,(H,13,16). The van der Waals surface area contributed by atoms with Crippen molar-refractivity contribution in [1.82, 2.24) is 19.7 Å². The van der Waals surface area contributed by atoms with Gasteiger partial charge >= 0.3 is 0 Å². The van der Waals surface area contributed by atoms with Gasteiger partial charge in [0.15, 0.2) is 4.77 Å². The molecule has 0 bridgehead atoms. The van der Waals surface area contributed by atoms with E-state index < -0.39 is 0 Å². The van der Waals surface area contributed by atoms with E-state index >= 15 is 0 Å². The number of H-pyrrole nitrogens is 1. The van der Waals surface area contributed by atoms with Crippen LogP contribution in [0.2, 0.25) is 0 Å². The molecule has 1 N–H and O–H groups in total. The van der Waals surface area contributed by atoms with Gasteiger partial charge in [-0.25, -0.2) is 0 Å². The molecule has 1 fully saturated rings. The van der Waals surface area contributed by atoms with Crippen molar-refractivity contribution in [1.29, 1.82) is 0 Å². The topological polar surface area (TPSA) is 36.9 Å². The lowest BCUT2D eigenvalue weighted by Gasteiger charge is -2.29. The lowest BCUT2D eigenvalue weighted by molar-refractivity contribution is 0.200. The van der Waals surface area contributed by atoms with Gasteiger partial charge in [0, 0.05) is 12.6 Å². The Morgan fingerprint density at radius 1 is 1.38 bits per heavy atom. The first-order valence-electron chi connectivity index (χ1n) is 6.04. The summed E-state index contributed by atoms with van der Waals surface area (Å²) >= 11 is 5.24. The third-order valence-corrected chi connectivity index (χ3v) is 3.58. The van der Waals surface area contributed by atoms with E-state index in [1.54, 1.807) is 0 Å². The molecule has 1 aliphatic rings. The maximum atomic E-state index is 5.24. The number of aromatic amines is 1. The van der Waals surface area contributed by atoms with Crippen molar-refractivity contribution in [3.8, 4) is 0 Å². The number of aryl methyl sites for hydroxylation is 1. The molecule has 2 rings (SSSR count).